The quantitative estimate of drug-likeness (QED) is 0.830. The molecule has 0 spiro atoms. The van der Waals surface area contributed by atoms with Crippen LogP contribution in [0.2, 0.25) is 0 Å². The number of ether oxygens (including phenoxy) is 1. The Balaban J connectivity index is 2.22. The minimum absolute atomic E-state index is 0.159. The first kappa shape index (κ1) is 13.3. The SMILES string of the molecule is COc1ccnc2c1CCCC2C(N)CCCN. The van der Waals surface area contributed by atoms with Gasteiger partial charge in [-0.1, -0.05) is 0 Å². The van der Waals surface area contributed by atoms with Crippen molar-refractivity contribution in [2.75, 3.05) is 13.7 Å². The van der Waals surface area contributed by atoms with Gasteiger partial charge >= 0.3 is 0 Å². The molecule has 2 atom stereocenters. The summed E-state index contributed by atoms with van der Waals surface area (Å²) in [4.78, 5) is 4.55. The standard InChI is InChI=1S/C14H23N3O/c1-18-13-7-9-17-14-10(4-2-5-11(13)14)12(16)6-3-8-15/h7,9-10,12H,2-6,8,15-16H2,1H3. The normalized spacial score (nSPS) is 20.3. The van der Waals surface area contributed by atoms with Gasteiger partial charge in [-0.2, -0.15) is 0 Å². The predicted molar refractivity (Wildman–Crippen MR) is 72.7 cm³/mol. The van der Waals surface area contributed by atoms with E-state index in [1.165, 1.54) is 5.56 Å². The van der Waals surface area contributed by atoms with Crippen molar-refractivity contribution in [3.8, 4) is 5.75 Å². The number of hydrogen-bond acceptors (Lipinski definition) is 4. The van der Waals surface area contributed by atoms with Crippen molar-refractivity contribution in [1.29, 1.82) is 0 Å². The molecule has 0 aromatic carbocycles. The molecule has 100 valence electrons. The van der Waals surface area contributed by atoms with E-state index in [0.29, 0.717) is 12.5 Å². The molecule has 0 radical (unpaired) electrons. The van der Waals surface area contributed by atoms with E-state index in [9.17, 15) is 0 Å². The number of aromatic nitrogens is 1. The van der Waals surface area contributed by atoms with Crippen molar-refractivity contribution < 1.29 is 4.74 Å². The summed E-state index contributed by atoms with van der Waals surface area (Å²) in [5.41, 5.74) is 14.3. The Kier molecular flexibility index (Phi) is 4.55. The maximum Gasteiger partial charge on any atom is 0.125 e. The first-order valence-corrected chi connectivity index (χ1v) is 6.75. The lowest BCUT2D eigenvalue weighted by Gasteiger charge is -2.30. The van der Waals surface area contributed by atoms with Gasteiger partial charge in [0.2, 0.25) is 0 Å². The second-order valence-electron chi connectivity index (χ2n) is 4.97. The van der Waals surface area contributed by atoms with Crippen molar-refractivity contribution in [3.63, 3.8) is 0 Å². The number of methoxy groups -OCH3 is 1. The van der Waals surface area contributed by atoms with E-state index < -0.39 is 0 Å². The van der Waals surface area contributed by atoms with E-state index in [0.717, 1.165) is 43.5 Å². The molecule has 4 heteroatoms. The van der Waals surface area contributed by atoms with E-state index in [2.05, 4.69) is 4.98 Å². The fourth-order valence-electron chi connectivity index (χ4n) is 2.86. The monoisotopic (exact) mass is 249 g/mol. The first-order chi connectivity index (χ1) is 8.77. The molecule has 2 rings (SSSR count). The van der Waals surface area contributed by atoms with E-state index in [-0.39, 0.29) is 6.04 Å². The maximum atomic E-state index is 6.30. The van der Waals surface area contributed by atoms with E-state index in [1.54, 1.807) is 7.11 Å². The highest BCUT2D eigenvalue weighted by atomic mass is 16.5. The van der Waals surface area contributed by atoms with Crippen LogP contribution in [-0.2, 0) is 6.42 Å². The summed E-state index contributed by atoms with van der Waals surface area (Å²) in [6.45, 7) is 0.707. The van der Waals surface area contributed by atoms with Crippen LogP contribution in [0.25, 0.3) is 0 Å². The number of nitrogens with two attached hydrogens (primary N) is 2. The zero-order valence-electron chi connectivity index (χ0n) is 11.1. The van der Waals surface area contributed by atoms with E-state index >= 15 is 0 Å². The van der Waals surface area contributed by atoms with Crippen LogP contribution in [0.4, 0.5) is 0 Å². The molecule has 4 nitrogen and oxygen atoms in total. The fourth-order valence-corrected chi connectivity index (χ4v) is 2.86. The van der Waals surface area contributed by atoms with Crippen molar-refractivity contribution in [2.24, 2.45) is 11.5 Å². The number of nitrogens with zero attached hydrogens (tertiary/aromatic N) is 1. The predicted octanol–water partition coefficient (Wildman–Crippen LogP) is 1.58. The smallest absolute Gasteiger partial charge is 0.125 e. The van der Waals surface area contributed by atoms with Crippen LogP contribution in [0.5, 0.6) is 5.75 Å². The molecule has 0 fully saturated rings. The molecule has 1 aromatic rings. The van der Waals surface area contributed by atoms with Crippen molar-refractivity contribution >= 4 is 0 Å². The van der Waals surface area contributed by atoms with Gasteiger partial charge < -0.3 is 16.2 Å². The minimum Gasteiger partial charge on any atom is -0.496 e. The second kappa shape index (κ2) is 6.16. The van der Waals surface area contributed by atoms with Gasteiger partial charge in [0.25, 0.3) is 0 Å². The Labute approximate surface area is 109 Å². The third kappa shape index (κ3) is 2.65. The van der Waals surface area contributed by atoms with Gasteiger partial charge in [0.1, 0.15) is 5.75 Å². The first-order valence-electron chi connectivity index (χ1n) is 6.75. The van der Waals surface area contributed by atoms with Crippen LogP contribution < -0.4 is 16.2 Å². The van der Waals surface area contributed by atoms with E-state index in [4.69, 9.17) is 16.2 Å². The van der Waals surface area contributed by atoms with Gasteiger partial charge in [-0.3, -0.25) is 4.98 Å². The van der Waals surface area contributed by atoms with Crippen LogP contribution in [0, 0.1) is 0 Å². The van der Waals surface area contributed by atoms with Crippen LogP contribution in [0.1, 0.15) is 42.9 Å². The summed E-state index contributed by atoms with van der Waals surface area (Å²) >= 11 is 0. The Morgan fingerprint density at radius 2 is 2.39 bits per heavy atom. The molecule has 0 amide bonds. The molecule has 1 aliphatic carbocycles. The van der Waals surface area contributed by atoms with Crippen LogP contribution in [-0.4, -0.2) is 24.7 Å². The summed E-state index contributed by atoms with van der Waals surface area (Å²) in [5.74, 6) is 1.31. The van der Waals surface area contributed by atoms with Crippen LogP contribution in [0.3, 0.4) is 0 Å². The van der Waals surface area contributed by atoms with Crippen LogP contribution >= 0.6 is 0 Å². The van der Waals surface area contributed by atoms with Crippen molar-refractivity contribution in [2.45, 2.75) is 44.1 Å². The third-order valence-corrected chi connectivity index (χ3v) is 3.82. The van der Waals surface area contributed by atoms with Gasteiger partial charge in [0.05, 0.1) is 12.8 Å². The molecule has 2 unspecified atom stereocenters. The summed E-state index contributed by atoms with van der Waals surface area (Å²) < 4.78 is 5.42. The molecule has 0 saturated heterocycles. The van der Waals surface area contributed by atoms with E-state index in [1.807, 2.05) is 12.3 Å². The summed E-state index contributed by atoms with van der Waals surface area (Å²) in [7, 11) is 1.72. The highest BCUT2D eigenvalue weighted by molar-refractivity contribution is 5.39. The Morgan fingerprint density at radius 3 is 3.11 bits per heavy atom. The van der Waals surface area contributed by atoms with Crippen molar-refractivity contribution in [3.05, 3.63) is 23.5 Å². The molecule has 1 heterocycles. The zero-order chi connectivity index (χ0) is 13.0. The van der Waals surface area contributed by atoms with Gasteiger partial charge in [-0.15, -0.1) is 0 Å². The summed E-state index contributed by atoms with van der Waals surface area (Å²) in [6.07, 6.45) is 7.11. The average molecular weight is 249 g/mol. The fraction of sp³-hybridized carbons (Fsp3) is 0.643. The molecule has 1 aliphatic rings. The summed E-state index contributed by atoms with van der Waals surface area (Å²) in [5, 5.41) is 0. The Bertz CT molecular complexity index is 395. The van der Waals surface area contributed by atoms with Crippen LogP contribution in [0.15, 0.2) is 12.3 Å². The average Bonchev–Trinajstić information content (AvgIpc) is 2.43. The summed E-state index contributed by atoms with van der Waals surface area (Å²) in [6, 6.07) is 2.10. The van der Waals surface area contributed by atoms with Gasteiger partial charge in [0, 0.05) is 23.7 Å². The van der Waals surface area contributed by atoms with Gasteiger partial charge in [-0.25, -0.2) is 0 Å². The Morgan fingerprint density at radius 1 is 1.56 bits per heavy atom. The van der Waals surface area contributed by atoms with Gasteiger partial charge in [0.15, 0.2) is 0 Å². The highest BCUT2D eigenvalue weighted by Gasteiger charge is 2.28. The molecule has 4 N–H and O–H groups in total. The molecule has 1 aromatic heterocycles. The molecular formula is C14H23N3O. The molecule has 0 bridgehead atoms. The number of hydrogen-bond donors (Lipinski definition) is 2. The Hall–Kier alpha value is -1.13. The number of pyridine rings is 1. The minimum atomic E-state index is 0.159. The topological polar surface area (TPSA) is 74.2 Å². The third-order valence-electron chi connectivity index (χ3n) is 3.82. The maximum absolute atomic E-state index is 6.30. The lowest BCUT2D eigenvalue weighted by atomic mass is 9.80. The molecule has 0 saturated carbocycles. The second-order valence-corrected chi connectivity index (χ2v) is 4.97. The van der Waals surface area contributed by atoms with Crippen molar-refractivity contribution in [1.82, 2.24) is 4.98 Å². The molecule has 0 aliphatic heterocycles. The molecular weight excluding hydrogens is 226 g/mol. The highest BCUT2D eigenvalue weighted by Crippen LogP contribution is 2.37. The zero-order valence-corrected chi connectivity index (χ0v) is 11.1. The lowest BCUT2D eigenvalue weighted by Crippen LogP contribution is -2.32. The molecule has 18 heavy (non-hydrogen) atoms. The number of rotatable bonds is 5. The van der Waals surface area contributed by atoms with Gasteiger partial charge in [-0.05, 0) is 44.7 Å². The lowest BCUT2D eigenvalue weighted by molar-refractivity contribution is 0.387. The number of fused-ring (bicyclic) bond motifs is 1. The largest absolute Gasteiger partial charge is 0.496 e.